The summed E-state index contributed by atoms with van der Waals surface area (Å²) >= 11 is 0. The molecule has 0 saturated carbocycles. The minimum Gasteiger partial charge on any atom is -0.466 e. The Labute approximate surface area is 74.5 Å². The highest BCUT2D eigenvalue weighted by Gasteiger charge is 2.21. The van der Waals surface area contributed by atoms with Crippen molar-refractivity contribution >= 4 is 5.97 Å². The maximum absolute atomic E-state index is 11.1. The van der Waals surface area contributed by atoms with Crippen LogP contribution in [0.1, 0.15) is 27.2 Å². The largest absolute Gasteiger partial charge is 0.466 e. The molecule has 0 aromatic heterocycles. The van der Waals surface area contributed by atoms with Gasteiger partial charge in [0.05, 0.1) is 13.0 Å². The molecule has 0 unspecified atom stereocenters. The maximum atomic E-state index is 11.1. The fraction of sp³-hybridized carbons (Fsp3) is 0.889. The number of hydrogen-bond acceptors (Lipinski definition) is 3. The van der Waals surface area contributed by atoms with Gasteiger partial charge in [0, 0.05) is 6.54 Å². The molecule has 0 spiro atoms. The van der Waals surface area contributed by atoms with Crippen molar-refractivity contribution in [3.05, 3.63) is 0 Å². The SMILES string of the molecule is CCOC(=O)CC(C)(C)CNC. The van der Waals surface area contributed by atoms with Crippen LogP contribution in [0.15, 0.2) is 0 Å². The average molecular weight is 173 g/mol. The van der Waals surface area contributed by atoms with Crippen LogP contribution in [0.2, 0.25) is 0 Å². The number of carbonyl (C=O) groups excluding carboxylic acids is 1. The van der Waals surface area contributed by atoms with E-state index >= 15 is 0 Å². The molecule has 0 heterocycles. The van der Waals surface area contributed by atoms with Gasteiger partial charge in [-0.05, 0) is 19.4 Å². The standard InChI is InChI=1S/C9H19NO2/c1-5-12-8(11)6-9(2,3)7-10-4/h10H,5-7H2,1-4H3. The number of ether oxygens (including phenoxy) is 1. The molecule has 0 saturated heterocycles. The number of rotatable bonds is 5. The summed E-state index contributed by atoms with van der Waals surface area (Å²) in [7, 11) is 1.88. The van der Waals surface area contributed by atoms with E-state index in [1.54, 1.807) is 0 Å². The highest BCUT2D eigenvalue weighted by molar-refractivity contribution is 5.70. The van der Waals surface area contributed by atoms with E-state index in [-0.39, 0.29) is 11.4 Å². The van der Waals surface area contributed by atoms with E-state index in [4.69, 9.17) is 4.74 Å². The van der Waals surface area contributed by atoms with Gasteiger partial charge in [-0.3, -0.25) is 4.79 Å². The second kappa shape index (κ2) is 5.14. The van der Waals surface area contributed by atoms with Crippen molar-refractivity contribution in [3.8, 4) is 0 Å². The van der Waals surface area contributed by atoms with Crippen LogP contribution >= 0.6 is 0 Å². The van der Waals surface area contributed by atoms with Gasteiger partial charge in [-0.25, -0.2) is 0 Å². The zero-order chi connectivity index (χ0) is 9.61. The molecule has 0 aliphatic carbocycles. The van der Waals surface area contributed by atoms with Crippen molar-refractivity contribution in [2.45, 2.75) is 27.2 Å². The Hall–Kier alpha value is -0.570. The molecule has 0 atom stereocenters. The van der Waals surface area contributed by atoms with Crippen LogP contribution < -0.4 is 5.32 Å². The average Bonchev–Trinajstić information content (AvgIpc) is 1.85. The molecule has 0 radical (unpaired) electrons. The van der Waals surface area contributed by atoms with Gasteiger partial charge >= 0.3 is 5.97 Å². The molecule has 3 nitrogen and oxygen atoms in total. The summed E-state index contributed by atoms with van der Waals surface area (Å²) in [6.45, 7) is 7.20. The van der Waals surface area contributed by atoms with Crippen LogP contribution in [0.3, 0.4) is 0 Å². The highest BCUT2D eigenvalue weighted by atomic mass is 16.5. The second-order valence-electron chi connectivity index (χ2n) is 3.68. The quantitative estimate of drug-likeness (QED) is 0.634. The smallest absolute Gasteiger partial charge is 0.306 e. The number of carbonyl (C=O) groups is 1. The molecule has 0 aromatic rings. The van der Waals surface area contributed by atoms with Gasteiger partial charge in [-0.1, -0.05) is 13.8 Å². The topological polar surface area (TPSA) is 38.3 Å². The summed E-state index contributed by atoms with van der Waals surface area (Å²) in [5.74, 6) is -0.113. The molecule has 0 aliphatic rings. The molecule has 1 N–H and O–H groups in total. The van der Waals surface area contributed by atoms with E-state index in [1.807, 2.05) is 27.8 Å². The third-order valence-electron chi connectivity index (χ3n) is 1.58. The molecule has 72 valence electrons. The van der Waals surface area contributed by atoms with Crippen LogP contribution in [0.25, 0.3) is 0 Å². The lowest BCUT2D eigenvalue weighted by Crippen LogP contribution is -2.29. The van der Waals surface area contributed by atoms with E-state index in [1.165, 1.54) is 0 Å². The molecule has 3 heteroatoms. The number of nitrogens with one attached hydrogen (secondary N) is 1. The molecular weight excluding hydrogens is 154 g/mol. The molecule has 0 fully saturated rings. The fourth-order valence-electron chi connectivity index (χ4n) is 1.14. The molecule has 0 aromatic carbocycles. The molecule has 0 rings (SSSR count). The highest BCUT2D eigenvalue weighted by Crippen LogP contribution is 2.19. The zero-order valence-corrected chi connectivity index (χ0v) is 8.44. The molecule has 0 amide bonds. The van der Waals surface area contributed by atoms with Crippen molar-refractivity contribution < 1.29 is 9.53 Å². The van der Waals surface area contributed by atoms with E-state index in [2.05, 4.69) is 5.32 Å². The van der Waals surface area contributed by atoms with Crippen molar-refractivity contribution in [3.63, 3.8) is 0 Å². The van der Waals surface area contributed by atoms with Gasteiger partial charge in [-0.15, -0.1) is 0 Å². The van der Waals surface area contributed by atoms with Crippen molar-refractivity contribution in [2.24, 2.45) is 5.41 Å². The predicted molar refractivity (Wildman–Crippen MR) is 49.0 cm³/mol. The van der Waals surface area contributed by atoms with Crippen LogP contribution in [0.5, 0.6) is 0 Å². The minimum atomic E-state index is -0.113. The Morgan fingerprint density at radius 2 is 2.08 bits per heavy atom. The Morgan fingerprint density at radius 1 is 1.50 bits per heavy atom. The van der Waals surface area contributed by atoms with Gasteiger partial charge < -0.3 is 10.1 Å². The summed E-state index contributed by atoms with van der Waals surface area (Å²) < 4.78 is 4.86. The van der Waals surface area contributed by atoms with Gasteiger partial charge in [0.2, 0.25) is 0 Å². The molecule has 0 bridgehead atoms. The summed E-state index contributed by atoms with van der Waals surface area (Å²) in [6, 6.07) is 0. The third kappa shape index (κ3) is 5.13. The van der Waals surface area contributed by atoms with Crippen LogP contribution in [-0.4, -0.2) is 26.2 Å². The Bertz CT molecular complexity index is 143. The van der Waals surface area contributed by atoms with Crippen molar-refractivity contribution in [2.75, 3.05) is 20.2 Å². The lowest BCUT2D eigenvalue weighted by atomic mass is 9.89. The van der Waals surface area contributed by atoms with Gasteiger partial charge in [-0.2, -0.15) is 0 Å². The second-order valence-corrected chi connectivity index (χ2v) is 3.68. The van der Waals surface area contributed by atoms with E-state index in [9.17, 15) is 4.79 Å². The van der Waals surface area contributed by atoms with E-state index < -0.39 is 0 Å². The summed E-state index contributed by atoms with van der Waals surface area (Å²) in [4.78, 5) is 11.1. The van der Waals surface area contributed by atoms with E-state index in [0.29, 0.717) is 13.0 Å². The van der Waals surface area contributed by atoms with Crippen molar-refractivity contribution in [1.82, 2.24) is 5.32 Å². The third-order valence-corrected chi connectivity index (χ3v) is 1.58. The van der Waals surface area contributed by atoms with Crippen LogP contribution in [-0.2, 0) is 9.53 Å². The first-order valence-corrected chi connectivity index (χ1v) is 4.32. The normalized spacial score (nSPS) is 11.3. The minimum absolute atomic E-state index is 0.0129. The van der Waals surface area contributed by atoms with Crippen LogP contribution in [0.4, 0.5) is 0 Å². The Morgan fingerprint density at radius 3 is 2.50 bits per heavy atom. The molecule has 0 aliphatic heterocycles. The summed E-state index contributed by atoms with van der Waals surface area (Å²) in [6.07, 6.45) is 0.474. The predicted octanol–water partition coefficient (Wildman–Crippen LogP) is 1.19. The summed E-state index contributed by atoms with van der Waals surface area (Å²) in [5.41, 5.74) is -0.0129. The summed E-state index contributed by atoms with van der Waals surface area (Å²) in [5, 5.41) is 3.05. The Kier molecular flexibility index (Phi) is 4.90. The first-order valence-electron chi connectivity index (χ1n) is 4.32. The lowest BCUT2D eigenvalue weighted by molar-refractivity contribution is -0.145. The lowest BCUT2D eigenvalue weighted by Gasteiger charge is -2.22. The first kappa shape index (κ1) is 11.4. The van der Waals surface area contributed by atoms with Gasteiger partial charge in [0.1, 0.15) is 0 Å². The fourth-order valence-corrected chi connectivity index (χ4v) is 1.14. The van der Waals surface area contributed by atoms with E-state index in [0.717, 1.165) is 6.54 Å². The number of hydrogen-bond donors (Lipinski definition) is 1. The van der Waals surface area contributed by atoms with Gasteiger partial charge in [0.25, 0.3) is 0 Å². The molecular formula is C9H19NO2. The maximum Gasteiger partial charge on any atom is 0.306 e. The number of esters is 1. The van der Waals surface area contributed by atoms with Crippen molar-refractivity contribution in [1.29, 1.82) is 0 Å². The zero-order valence-electron chi connectivity index (χ0n) is 8.44. The molecule has 12 heavy (non-hydrogen) atoms. The first-order chi connectivity index (χ1) is 5.52. The Balaban J connectivity index is 3.79. The van der Waals surface area contributed by atoms with Gasteiger partial charge in [0.15, 0.2) is 0 Å². The monoisotopic (exact) mass is 173 g/mol. The van der Waals surface area contributed by atoms with Crippen LogP contribution in [0, 0.1) is 5.41 Å².